The van der Waals surface area contributed by atoms with E-state index in [1.54, 1.807) is 24.3 Å². The zero-order valence-electron chi connectivity index (χ0n) is 14.9. The van der Waals surface area contributed by atoms with Crippen LogP contribution < -0.4 is 9.47 Å². The second-order valence-electron chi connectivity index (χ2n) is 5.64. The van der Waals surface area contributed by atoms with Crippen LogP contribution in [0.25, 0.3) is 6.08 Å². The van der Waals surface area contributed by atoms with Crippen molar-refractivity contribution in [2.45, 2.75) is 6.92 Å². The highest BCUT2D eigenvalue weighted by Gasteiger charge is 2.25. The summed E-state index contributed by atoms with van der Waals surface area (Å²) in [6.45, 7) is 1.14. The number of carbonyl (C=O) groups excluding carboxylic acids is 2. The SMILES string of the molecule is COc1ccc(C2=N/C(=C\c3ccc(OC(C)=O)c([N+](=O)[O-])c3)C(=O)O2)cc1. The van der Waals surface area contributed by atoms with Crippen LogP contribution in [0.1, 0.15) is 18.1 Å². The second-order valence-corrected chi connectivity index (χ2v) is 5.64. The number of nitro benzene ring substituents is 1. The summed E-state index contributed by atoms with van der Waals surface area (Å²) in [5.74, 6) is -0.787. The van der Waals surface area contributed by atoms with Gasteiger partial charge >= 0.3 is 17.6 Å². The zero-order valence-corrected chi connectivity index (χ0v) is 14.9. The van der Waals surface area contributed by atoms with Gasteiger partial charge in [-0.25, -0.2) is 9.79 Å². The maximum absolute atomic E-state index is 12.1. The molecule has 9 nitrogen and oxygen atoms in total. The Kier molecular flexibility index (Phi) is 5.16. The Morgan fingerprint density at radius 1 is 1.21 bits per heavy atom. The molecule has 28 heavy (non-hydrogen) atoms. The lowest BCUT2D eigenvalue weighted by molar-refractivity contribution is -0.385. The van der Waals surface area contributed by atoms with Crippen LogP contribution in [-0.2, 0) is 14.3 Å². The van der Waals surface area contributed by atoms with Gasteiger partial charge in [0.2, 0.25) is 11.6 Å². The van der Waals surface area contributed by atoms with Crippen LogP contribution >= 0.6 is 0 Å². The van der Waals surface area contributed by atoms with E-state index in [2.05, 4.69) is 4.99 Å². The number of nitro groups is 1. The minimum Gasteiger partial charge on any atom is -0.497 e. The Labute approximate surface area is 159 Å². The van der Waals surface area contributed by atoms with Crippen molar-refractivity contribution >= 4 is 29.6 Å². The number of aliphatic imine (C=N–C) groups is 1. The zero-order chi connectivity index (χ0) is 20.3. The molecule has 0 unspecified atom stereocenters. The Bertz CT molecular complexity index is 1020. The average molecular weight is 382 g/mol. The number of benzene rings is 2. The molecule has 0 aromatic heterocycles. The van der Waals surface area contributed by atoms with E-state index in [9.17, 15) is 19.7 Å². The first-order chi connectivity index (χ1) is 13.4. The van der Waals surface area contributed by atoms with Gasteiger partial charge in [0.1, 0.15) is 5.75 Å². The number of carbonyl (C=O) groups is 2. The van der Waals surface area contributed by atoms with Gasteiger partial charge in [-0.05, 0) is 42.0 Å². The first-order valence-electron chi connectivity index (χ1n) is 8.01. The lowest BCUT2D eigenvalue weighted by Crippen LogP contribution is -2.05. The summed E-state index contributed by atoms with van der Waals surface area (Å²) in [6, 6.07) is 10.7. The van der Waals surface area contributed by atoms with Crippen molar-refractivity contribution < 1.29 is 28.7 Å². The molecule has 0 atom stereocenters. The highest BCUT2D eigenvalue weighted by atomic mass is 16.6. The Balaban J connectivity index is 1.92. The van der Waals surface area contributed by atoms with Gasteiger partial charge in [0.25, 0.3) is 0 Å². The van der Waals surface area contributed by atoms with Gasteiger partial charge in [0, 0.05) is 18.6 Å². The van der Waals surface area contributed by atoms with Crippen molar-refractivity contribution in [3.63, 3.8) is 0 Å². The van der Waals surface area contributed by atoms with Gasteiger partial charge in [0.15, 0.2) is 5.70 Å². The minimum atomic E-state index is -0.683. The molecule has 0 saturated heterocycles. The van der Waals surface area contributed by atoms with Crippen LogP contribution in [0.2, 0.25) is 0 Å². The molecule has 0 aliphatic carbocycles. The fourth-order valence-corrected chi connectivity index (χ4v) is 2.43. The highest BCUT2D eigenvalue weighted by molar-refractivity contribution is 6.12. The molecule has 1 aliphatic rings. The number of esters is 2. The predicted octanol–water partition coefficient (Wildman–Crippen LogP) is 2.87. The second kappa shape index (κ2) is 7.70. The summed E-state index contributed by atoms with van der Waals surface area (Å²) in [6.07, 6.45) is 1.35. The van der Waals surface area contributed by atoms with Crippen LogP contribution in [0.3, 0.4) is 0 Å². The Morgan fingerprint density at radius 3 is 2.54 bits per heavy atom. The molecule has 1 heterocycles. The normalized spacial score (nSPS) is 14.4. The van der Waals surface area contributed by atoms with E-state index in [0.29, 0.717) is 16.9 Å². The minimum absolute atomic E-state index is 0.0136. The van der Waals surface area contributed by atoms with Crippen LogP contribution in [0.4, 0.5) is 5.69 Å². The lowest BCUT2D eigenvalue weighted by Gasteiger charge is -2.03. The van der Waals surface area contributed by atoms with Crippen molar-refractivity contribution in [3.8, 4) is 11.5 Å². The average Bonchev–Trinajstić information content (AvgIpc) is 3.03. The number of cyclic esters (lactones) is 1. The number of methoxy groups -OCH3 is 1. The predicted molar refractivity (Wildman–Crippen MR) is 98.0 cm³/mol. The molecule has 1 aliphatic heterocycles. The van der Waals surface area contributed by atoms with Crippen LogP contribution in [-0.4, -0.2) is 29.9 Å². The largest absolute Gasteiger partial charge is 0.497 e. The number of rotatable bonds is 5. The van der Waals surface area contributed by atoms with Gasteiger partial charge in [-0.15, -0.1) is 0 Å². The van der Waals surface area contributed by atoms with Gasteiger partial charge < -0.3 is 14.2 Å². The maximum atomic E-state index is 12.1. The number of hydrogen-bond donors (Lipinski definition) is 0. The van der Waals surface area contributed by atoms with Gasteiger partial charge in [-0.3, -0.25) is 14.9 Å². The van der Waals surface area contributed by atoms with E-state index in [1.165, 1.54) is 31.4 Å². The fraction of sp³-hybridized carbons (Fsp3) is 0.105. The third kappa shape index (κ3) is 4.04. The molecular weight excluding hydrogens is 368 g/mol. The van der Waals surface area contributed by atoms with E-state index in [4.69, 9.17) is 14.2 Å². The molecule has 142 valence electrons. The van der Waals surface area contributed by atoms with Gasteiger partial charge in [-0.2, -0.15) is 0 Å². The quantitative estimate of drug-likeness (QED) is 0.256. The monoisotopic (exact) mass is 382 g/mol. The molecule has 9 heteroatoms. The molecule has 0 amide bonds. The third-order valence-electron chi connectivity index (χ3n) is 3.69. The summed E-state index contributed by atoms with van der Waals surface area (Å²) in [5.41, 5.74) is 0.485. The molecule has 3 rings (SSSR count). The summed E-state index contributed by atoms with van der Waals surface area (Å²) in [5, 5.41) is 11.2. The Morgan fingerprint density at radius 2 is 1.93 bits per heavy atom. The van der Waals surface area contributed by atoms with Gasteiger partial charge in [0.05, 0.1) is 12.0 Å². The summed E-state index contributed by atoms with van der Waals surface area (Å²) >= 11 is 0. The smallest absolute Gasteiger partial charge is 0.363 e. The molecule has 0 spiro atoms. The molecule has 0 saturated carbocycles. The van der Waals surface area contributed by atoms with Crippen LogP contribution in [0, 0.1) is 10.1 Å². The molecule has 2 aromatic rings. The van der Waals surface area contributed by atoms with E-state index >= 15 is 0 Å². The van der Waals surface area contributed by atoms with E-state index in [1.807, 2.05) is 0 Å². The van der Waals surface area contributed by atoms with Crippen molar-refractivity contribution in [1.82, 2.24) is 0 Å². The summed E-state index contributed by atoms with van der Waals surface area (Å²) in [7, 11) is 1.54. The van der Waals surface area contributed by atoms with Crippen molar-refractivity contribution in [1.29, 1.82) is 0 Å². The molecular formula is C19H14N2O7. The Hall–Kier alpha value is -4.01. The third-order valence-corrected chi connectivity index (χ3v) is 3.69. The molecule has 0 N–H and O–H groups in total. The number of nitrogens with zero attached hydrogens (tertiary/aromatic N) is 2. The van der Waals surface area contributed by atoms with Crippen molar-refractivity contribution in [3.05, 3.63) is 69.4 Å². The van der Waals surface area contributed by atoms with Crippen molar-refractivity contribution in [2.24, 2.45) is 4.99 Å². The number of hydrogen-bond acceptors (Lipinski definition) is 8. The standard InChI is InChI=1S/C19H14N2O7/c1-11(22)27-17-8-3-12(10-16(17)21(24)25)9-15-19(23)28-18(20-15)13-4-6-14(26-2)7-5-13/h3-10H,1-2H3/b15-9-. The van der Waals surface area contributed by atoms with Crippen LogP contribution in [0.5, 0.6) is 11.5 Å². The maximum Gasteiger partial charge on any atom is 0.363 e. The molecule has 2 aromatic carbocycles. The summed E-state index contributed by atoms with van der Waals surface area (Å²) in [4.78, 5) is 37.8. The van der Waals surface area contributed by atoms with Crippen LogP contribution in [0.15, 0.2) is 53.2 Å². The number of ether oxygens (including phenoxy) is 3. The molecule has 0 bridgehead atoms. The lowest BCUT2D eigenvalue weighted by atomic mass is 10.1. The highest BCUT2D eigenvalue weighted by Crippen LogP contribution is 2.30. The topological polar surface area (TPSA) is 117 Å². The molecule has 0 radical (unpaired) electrons. The van der Waals surface area contributed by atoms with Gasteiger partial charge in [-0.1, -0.05) is 6.07 Å². The van der Waals surface area contributed by atoms with Crippen molar-refractivity contribution in [2.75, 3.05) is 7.11 Å². The first kappa shape index (κ1) is 18.8. The fourth-order valence-electron chi connectivity index (χ4n) is 2.43. The first-order valence-corrected chi connectivity index (χ1v) is 8.01. The van der Waals surface area contributed by atoms with E-state index < -0.39 is 22.5 Å². The summed E-state index contributed by atoms with van der Waals surface area (Å²) < 4.78 is 15.0. The molecule has 0 fully saturated rings. The van der Waals surface area contributed by atoms with E-state index in [-0.39, 0.29) is 17.3 Å². The van der Waals surface area contributed by atoms with E-state index in [0.717, 1.165) is 6.92 Å².